The van der Waals surface area contributed by atoms with Crippen molar-refractivity contribution in [2.45, 2.75) is 51.7 Å². The quantitative estimate of drug-likeness (QED) is 0.856. The fraction of sp³-hybridized carbons (Fsp3) is 0.667. The molecular weight excluding hydrogens is 290 g/mol. The molecule has 0 spiro atoms. The Kier molecular flexibility index (Phi) is 5.16. The normalized spacial score (nSPS) is 22.6. The number of pyridine rings is 1. The molecule has 0 radical (unpaired) electrons. The van der Waals surface area contributed by atoms with Crippen LogP contribution in [0.2, 0.25) is 0 Å². The van der Waals surface area contributed by atoms with Gasteiger partial charge in [0.05, 0.1) is 11.7 Å². The van der Waals surface area contributed by atoms with Crippen molar-refractivity contribution < 1.29 is 9.53 Å². The molecule has 3 rings (SSSR count). The van der Waals surface area contributed by atoms with Gasteiger partial charge in [-0.3, -0.25) is 9.69 Å². The van der Waals surface area contributed by atoms with Crippen molar-refractivity contribution in [1.82, 2.24) is 14.8 Å². The molecule has 0 aromatic carbocycles. The summed E-state index contributed by atoms with van der Waals surface area (Å²) in [6.07, 6.45) is 6.63. The number of nitrogens with zero attached hydrogens (tertiary/aromatic N) is 3. The van der Waals surface area contributed by atoms with Crippen LogP contribution in [0, 0.1) is 0 Å². The molecule has 1 aromatic rings. The molecular formula is C18H27N3O2. The fourth-order valence-corrected chi connectivity index (χ4v) is 3.54. The van der Waals surface area contributed by atoms with E-state index in [1.54, 1.807) is 12.3 Å². The summed E-state index contributed by atoms with van der Waals surface area (Å²) < 4.78 is 5.54. The smallest absolute Gasteiger partial charge is 0.255 e. The van der Waals surface area contributed by atoms with Crippen molar-refractivity contribution in [2.24, 2.45) is 0 Å². The number of carbonyl (C=O) groups excluding carboxylic acids is 1. The van der Waals surface area contributed by atoms with Gasteiger partial charge in [-0.05, 0) is 58.7 Å². The van der Waals surface area contributed by atoms with Crippen molar-refractivity contribution in [1.29, 1.82) is 0 Å². The van der Waals surface area contributed by atoms with Crippen LogP contribution < -0.4 is 4.74 Å². The molecule has 2 aliphatic heterocycles. The molecule has 2 saturated heterocycles. The predicted molar refractivity (Wildman–Crippen MR) is 89.7 cm³/mol. The molecule has 2 fully saturated rings. The standard InChI is InChI=1S/C18H27N3O2/c1-14(2)23-17-8-7-15(12-19-17)18(22)21-11-5-6-16(13-21)20-9-3-4-10-20/h7-8,12,14,16H,3-6,9-11,13H2,1-2H3. The first-order valence-electron chi connectivity index (χ1n) is 8.79. The predicted octanol–water partition coefficient (Wildman–Crippen LogP) is 2.57. The minimum Gasteiger partial charge on any atom is -0.475 e. The molecule has 0 aliphatic carbocycles. The van der Waals surface area contributed by atoms with Crippen molar-refractivity contribution in [3.63, 3.8) is 0 Å². The topological polar surface area (TPSA) is 45.7 Å². The summed E-state index contributed by atoms with van der Waals surface area (Å²) in [6.45, 7) is 8.02. The summed E-state index contributed by atoms with van der Waals surface area (Å²) >= 11 is 0. The Morgan fingerprint density at radius 3 is 2.65 bits per heavy atom. The SMILES string of the molecule is CC(C)Oc1ccc(C(=O)N2CCCC(N3CCCC3)C2)cn1. The molecule has 126 valence electrons. The largest absolute Gasteiger partial charge is 0.475 e. The van der Waals surface area contributed by atoms with E-state index in [1.807, 2.05) is 24.8 Å². The fourth-order valence-electron chi connectivity index (χ4n) is 3.54. The third-order valence-electron chi connectivity index (χ3n) is 4.68. The molecule has 1 aromatic heterocycles. The van der Waals surface area contributed by atoms with E-state index in [-0.39, 0.29) is 12.0 Å². The Hall–Kier alpha value is -1.62. The van der Waals surface area contributed by atoms with Gasteiger partial charge in [0.15, 0.2) is 0 Å². The maximum atomic E-state index is 12.7. The van der Waals surface area contributed by atoms with Gasteiger partial charge in [0.1, 0.15) is 0 Å². The molecule has 5 nitrogen and oxygen atoms in total. The van der Waals surface area contributed by atoms with Crippen LogP contribution >= 0.6 is 0 Å². The Morgan fingerprint density at radius 2 is 2.00 bits per heavy atom. The van der Waals surface area contributed by atoms with Gasteiger partial charge in [0, 0.05) is 31.4 Å². The number of carbonyl (C=O) groups is 1. The monoisotopic (exact) mass is 317 g/mol. The maximum Gasteiger partial charge on any atom is 0.255 e. The summed E-state index contributed by atoms with van der Waals surface area (Å²) in [5, 5.41) is 0. The van der Waals surface area contributed by atoms with E-state index in [4.69, 9.17) is 4.74 Å². The Balaban J connectivity index is 1.62. The Labute approximate surface area is 138 Å². The zero-order chi connectivity index (χ0) is 16.2. The lowest BCUT2D eigenvalue weighted by Crippen LogP contribution is -2.49. The van der Waals surface area contributed by atoms with Gasteiger partial charge in [-0.1, -0.05) is 0 Å². The lowest BCUT2D eigenvalue weighted by Gasteiger charge is -2.37. The van der Waals surface area contributed by atoms with Crippen LogP contribution in [0.3, 0.4) is 0 Å². The third kappa shape index (κ3) is 4.02. The van der Waals surface area contributed by atoms with E-state index >= 15 is 0 Å². The summed E-state index contributed by atoms with van der Waals surface area (Å²) in [6, 6.07) is 4.15. The molecule has 1 unspecified atom stereocenters. The number of likely N-dealkylation sites (tertiary alicyclic amines) is 2. The number of piperidine rings is 1. The Bertz CT molecular complexity index is 524. The molecule has 1 amide bonds. The highest BCUT2D eigenvalue weighted by molar-refractivity contribution is 5.94. The van der Waals surface area contributed by atoms with Gasteiger partial charge in [0.2, 0.25) is 5.88 Å². The number of rotatable bonds is 4. The van der Waals surface area contributed by atoms with Crippen LogP contribution in [-0.2, 0) is 0 Å². The van der Waals surface area contributed by atoms with Gasteiger partial charge in [0.25, 0.3) is 5.91 Å². The minimum atomic E-state index is 0.0902. The second-order valence-electron chi connectivity index (χ2n) is 6.84. The van der Waals surface area contributed by atoms with Crippen LogP contribution in [0.1, 0.15) is 49.9 Å². The van der Waals surface area contributed by atoms with E-state index in [2.05, 4.69) is 9.88 Å². The average Bonchev–Trinajstić information content (AvgIpc) is 3.09. The highest BCUT2D eigenvalue weighted by atomic mass is 16.5. The van der Waals surface area contributed by atoms with Crippen LogP contribution in [-0.4, -0.2) is 59.0 Å². The average molecular weight is 317 g/mol. The zero-order valence-corrected chi connectivity index (χ0v) is 14.2. The van der Waals surface area contributed by atoms with E-state index in [0.717, 1.165) is 19.5 Å². The highest BCUT2D eigenvalue weighted by Gasteiger charge is 2.29. The van der Waals surface area contributed by atoms with Crippen LogP contribution in [0.4, 0.5) is 0 Å². The van der Waals surface area contributed by atoms with Crippen molar-refractivity contribution in [3.8, 4) is 5.88 Å². The van der Waals surface area contributed by atoms with E-state index in [0.29, 0.717) is 17.5 Å². The summed E-state index contributed by atoms with van der Waals surface area (Å²) in [5.74, 6) is 0.669. The highest BCUT2D eigenvalue weighted by Crippen LogP contribution is 2.22. The van der Waals surface area contributed by atoms with Crippen molar-refractivity contribution in [3.05, 3.63) is 23.9 Å². The summed E-state index contributed by atoms with van der Waals surface area (Å²) in [7, 11) is 0. The molecule has 5 heteroatoms. The van der Waals surface area contributed by atoms with Gasteiger partial charge < -0.3 is 9.64 Å². The lowest BCUT2D eigenvalue weighted by atomic mass is 10.0. The van der Waals surface area contributed by atoms with E-state index < -0.39 is 0 Å². The van der Waals surface area contributed by atoms with E-state index in [9.17, 15) is 4.79 Å². The summed E-state index contributed by atoms with van der Waals surface area (Å²) in [5.41, 5.74) is 0.656. The van der Waals surface area contributed by atoms with Crippen LogP contribution in [0.5, 0.6) is 5.88 Å². The second kappa shape index (κ2) is 7.30. The number of ether oxygens (including phenoxy) is 1. The number of aromatic nitrogens is 1. The van der Waals surface area contributed by atoms with Gasteiger partial charge in [-0.15, -0.1) is 0 Å². The van der Waals surface area contributed by atoms with Gasteiger partial charge in [-0.2, -0.15) is 0 Å². The van der Waals surface area contributed by atoms with Gasteiger partial charge >= 0.3 is 0 Å². The van der Waals surface area contributed by atoms with Crippen molar-refractivity contribution in [2.75, 3.05) is 26.2 Å². The Morgan fingerprint density at radius 1 is 1.22 bits per heavy atom. The van der Waals surface area contributed by atoms with E-state index in [1.165, 1.54) is 32.4 Å². The number of hydrogen-bond donors (Lipinski definition) is 0. The minimum absolute atomic E-state index is 0.0902. The van der Waals surface area contributed by atoms with Crippen molar-refractivity contribution >= 4 is 5.91 Å². The first-order chi connectivity index (χ1) is 11.1. The molecule has 23 heavy (non-hydrogen) atoms. The third-order valence-corrected chi connectivity index (χ3v) is 4.68. The molecule has 2 aliphatic rings. The lowest BCUT2D eigenvalue weighted by molar-refractivity contribution is 0.0607. The summed E-state index contributed by atoms with van der Waals surface area (Å²) in [4.78, 5) is 21.5. The zero-order valence-electron chi connectivity index (χ0n) is 14.2. The first-order valence-corrected chi connectivity index (χ1v) is 8.79. The molecule has 0 bridgehead atoms. The molecule has 0 saturated carbocycles. The molecule has 1 atom stereocenters. The maximum absolute atomic E-state index is 12.7. The van der Waals surface area contributed by atoms with Crippen LogP contribution in [0.25, 0.3) is 0 Å². The van der Waals surface area contributed by atoms with Crippen LogP contribution in [0.15, 0.2) is 18.3 Å². The molecule has 0 N–H and O–H groups in total. The first kappa shape index (κ1) is 16.2. The number of hydrogen-bond acceptors (Lipinski definition) is 4. The number of amides is 1. The second-order valence-corrected chi connectivity index (χ2v) is 6.84. The molecule has 3 heterocycles. The van der Waals surface area contributed by atoms with Gasteiger partial charge in [-0.25, -0.2) is 4.98 Å².